The first-order valence-electron chi connectivity index (χ1n) is 8.80. The Bertz CT molecular complexity index is 475. The SMILES string of the molecule is CC1CCC(NC(=O)CN[C@H](c2ccccc2)C2CC2)CC1. The van der Waals surface area contributed by atoms with Crippen molar-refractivity contribution in [3.05, 3.63) is 35.9 Å². The van der Waals surface area contributed by atoms with Crippen molar-refractivity contribution in [2.45, 2.75) is 57.5 Å². The van der Waals surface area contributed by atoms with Gasteiger partial charge in [-0.25, -0.2) is 0 Å². The van der Waals surface area contributed by atoms with Crippen molar-refractivity contribution >= 4 is 5.91 Å². The molecule has 3 heteroatoms. The number of hydrogen-bond acceptors (Lipinski definition) is 2. The predicted molar refractivity (Wildman–Crippen MR) is 89.5 cm³/mol. The van der Waals surface area contributed by atoms with E-state index in [1.54, 1.807) is 0 Å². The van der Waals surface area contributed by atoms with Gasteiger partial charge in [-0.2, -0.15) is 0 Å². The molecule has 2 aliphatic rings. The minimum Gasteiger partial charge on any atom is -0.352 e. The molecule has 1 amide bonds. The number of benzene rings is 1. The van der Waals surface area contributed by atoms with Crippen molar-refractivity contribution in [3.8, 4) is 0 Å². The van der Waals surface area contributed by atoms with Gasteiger partial charge in [-0.15, -0.1) is 0 Å². The topological polar surface area (TPSA) is 41.1 Å². The summed E-state index contributed by atoms with van der Waals surface area (Å²) >= 11 is 0. The Morgan fingerprint density at radius 2 is 1.77 bits per heavy atom. The molecule has 22 heavy (non-hydrogen) atoms. The van der Waals surface area contributed by atoms with Crippen LogP contribution in [0.4, 0.5) is 0 Å². The van der Waals surface area contributed by atoms with Gasteiger partial charge in [-0.05, 0) is 55.9 Å². The van der Waals surface area contributed by atoms with E-state index < -0.39 is 0 Å². The highest BCUT2D eigenvalue weighted by Crippen LogP contribution is 2.40. The third-order valence-corrected chi connectivity index (χ3v) is 5.12. The van der Waals surface area contributed by atoms with Crippen molar-refractivity contribution in [2.24, 2.45) is 11.8 Å². The number of amides is 1. The standard InChI is InChI=1S/C19H28N2O/c1-14-7-11-17(12-8-14)21-18(22)13-20-19(16-9-10-16)15-5-3-2-4-6-15/h2-6,14,16-17,19-20H,7-13H2,1H3,(H,21,22)/t14?,17?,19-/m1/s1. The van der Waals surface area contributed by atoms with Gasteiger partial charge in [0.1, 0.15) is 0 Å². The molecule has 0 aromatic heterocycles. The summed E-state index contributed by atoms with van der Waals surface area (Å²) < 4.78 is 0. The Morgan fingerprint density at radius 1 is 1.09 bits per heavy atom. The molecule has 0 saturated heterocycles. The van der Waals surface area contributed by atoms with Gasteiger partial charge in [0.05, 0.1) is 6.54 Å². The lowest BCUT2D eigenvalue weighted by Gasteiger charge is -2.27. The van der Waals surface area contributed by atoms with Gasteiger partial charge in [0.15, 0.2) is 0 Å². The molecule has 0 aliphatic heterocycles. The normalized spacial score (nSPS) is 26.4. The minimum atomic E-state index is 0.154. The van der Waals surface area contributed by atoms with Crippen LogP contribution in [0.15, 0.2) is 30.3 Å². The fourth-order valence-electron chi connectivity index (χ4n) is 3.53. The maximum atomic E-state index is 12.2. The number of carbonyl (C=O) groups is 1. The van der Waals surface area contributed by atoms with E-state index in [2.05, 4.69) is 41.8 Å². The fraction of sp³-hybridized carbons (Fsp3) is 0.632. The molecule has 2 N–H and O–H groups in total. The van der Waals surface area contributed by atoms with Crippen molar-refractivity contribution in [1.29, 1.82) is 0 Å². The third-order valence-electron chi connectivity index (χ3n) is 5.12. The van der Waals surface area contributed by atoms with Crippen molar-refractivity contribution in [1.82, 2.24) is 10.6 Å². The maximum absolute atomic E-state index is 12.2. The molecule has 0 spiro atoms. The number of rotatable bonds is 6. The van der Waals surface area contributed by atoms with Crippen LogP contribution >= 0.6 is 0 Å². The van der Waals surface area contributed by atoms with Crippen LogP contribution in [0.2, 0.25) is 0 Å². The van der Waals surface area contributed by atoms with Crippen LogP contribution in [-0.2, 0) is 4.79 Å². The Morgan fingerprint density at radius 3 is 2.41 bits per heavy atom. The molecule has 1 aromatic carbocycles. The average molecular weight is 300 g/mol. The second kappa shape index (κ2) is 7.28. The summed E-state index contributed by atoms with van der Waals surface area (Å²) in [6.45, 7) is 2.74. The molecular weight excluding hydrogens is 272 g/mol. The molecule has 2 aliphatic carbocycles. The molecular formula is C19H28N2O. The van der Waals surface area contributed by atoms with E-state index in [1.807, 2.05) is 6.07 Å². The van der Waals surface area contributed by atoms with Gasteiger partial charge in [0.2, 0.25) is 5.91 Å². The molecule has 1 atom stereocenters. The van der Waals surface area contributed by atoms with Crippen molar-refractivity contribution in [3.63, 3.8) is 0 Å². The molecule has 3 nitrogen and oxygen atoms in total. The highest BCUT2D eigenvalue weighted by atomic mass is 16.2. The zero-order valence-corrected chi connectivity index (χ0v) is 13.6. The van der Waals surface area contributed by atoms with E-state index in [0.717, 1.165) is 18.8 Å². The van der Waals surface area contributed by atoms with Crippen LogP contribution < -0.4 is 10.6 Å². The van der Waals surface area contributed by atoms with Crippen LogP contribution in [0.1, 0.15) is 57.1 Å². The first-order chi connectivity index (χ1) is 10.7. The average Bonchev–Trinajstić information content (AvgIpc) is 3.36. The van der Waals surface area contributed by atoms with E-state index >= 15 is 0 Å². The lowest BCUT2D eigenvalue weighted by Crippen LogP contribution is -2.42. The largest absolute Gasteiger partial charge is 0.352 e. The van der Waals surface area contributed by atoms with E-state index in [0.29, 0.717) is 24.5 Å². The summed E-state index contributed by atoms with van der Waals surface area (Å²) in [6.07, 6.45) is 7.30. The molecule has 0 radical (unpaired) electrons. The van der Waals surface area contributed by atoms with Crippen LogP contribution in [0.5, 0.6) is 0 Å². The summed E-state index contributed by atoms with van der Waals surface area (Å²) in [6, 6.07) is 11.3. The summed E-state index contributed by atoms with van der Waals surface area (Å²) in [7, 11) is 0. The molecule has 2 fully saturated rings. The van der Waals surface area contributed by atoms with Gasteiger partial charge in [0, 0.05) is 12.1 Å². The van der Waals surface area contributed by atoms with E-state index in [1.165, 1.54) is 31.2 Å². The van der Waals surface area contributed by atoms with Crippen LogP contribution in [0.3, 0.4) is 0 Å². The molecule has 120 valence electrons. The molecule has 0 unspecified atom stereocenters. The third kappa shape index (κ3) is 4.33. The fourth-order valence-corrected chi connectivity index (χ4v) is 3.53. The Kier molecular flexibility index (Phi) is 5.14. The summed E-state index contributed by atoms with van der Waals surface area (Å²) in [4.78, 5) is 12.2. The first-order valence-corrected chi connectivity index (χ1v) is 8.80. The van der Waals surface area contributed by atoms with Crippen molar-refractivity contribution < 1.29 is 4.79 Å². The smallest absolute Gasteiger partial charge is 0.234 e. The second-order valence-corrected chi connectivity index (χ2v) is 7.13. The Balaban J connectivity index is 1.47. The molecule has 3 rings (SSSR count). The maximum Gasteiger partial charge on any atom is 0.234 e. The van der Waals surface area contributed by atoms with Crippen molar-refractivity contribution in [2.75, 3.05) is 6.54 Å². The van der Waals surface area contributed by atoms with E-state index in [9.17, 15) is 4.79 Å². The van der Waals surface area contributed by atoms with Gasteiger partial charge >= 0.3 is 0 Å². The lowest BCUT2D eigenvalue weighted by atomic mass is 9.87. The van der Waals surface area contributed by atoms with Gasteiger partial charge in [-0.1, -0.05) is 37.3 Å². The van der Waals surface area contributed by atoms with Crippen LogP contribution in [0.25, 0.3) is 0 Å². The monoisotopic (exact) mass is 300 g/mol. The van der Waals surface area contributed by atoms with Gasteiger partial charge < -0.3 is 10.6 Å². The van der Waals surface area contributed by atoms with Gasteiger partial charge in [-0.3, -0.25) is 4.79 Å². The predicted octanol–water partition coefficient (Wildman–Crippen LogP) is 3.42. The summed E-state index contributed by atoms with van der Waals surface area (Å²) in [5.74, 6) is 1.68. The Hall–Kier alpha value is -1.35. The zero-order chi connectivity index (χ0) is 15.4. The molecule has 1 aromatic rings. The summed E-state index contributed by atoms with van der Waals surface area (Å²) in [5.41, 5.74) is 1.31. The number of hydrogen-bond donors (Lipinski definition) is 2. The Labute approximate surface area is 133 Å². The first kappa shape index (κ1) is 15.5. The van der Waals surface area contributed by atoms with Crippen LogP contribution in [0, 0.1) is 11.8 Å². The zero-order valence-electron chi connectivity index (χ0n) is 13.6. The van der Waals surface area contributed by atoms with Gasteiger partial charge in [0.25, 0.3) is 0 Å². The van der Waals surface area contributed by atoms with E-state index in [-0.39, 0.29) is 5.91 Å². The highest BCUT2D eigenvalue weighted by Gasteiger charge is 2.32. The molecule has 0 bridgehead atoms. The molecule has 2 saturated carbocycles. The highest BCUT2D eigenvalue weighted by molar-refractivity contribution is 5.78. The number of nitrogens with one attached hydrogen (secondary N) is 2. The molecule has 0 heterocycles. The lowest BCUT2D eigenvalue weighted by molar-refractivity contribution is -0.121. The number of carbonyl (C=O) groups excluding carboxylic acids is 1. The minimum absolute atomic E-state index is 0.154. The quantitative estimate of drug-likeness (QED) is 0.845. The van der Waals surface area contributed by atoms with E-state index in [4.69, 9.17) is 0 Å². The summed E-state index contributed by atoms with van der Waals surface area (Å²) in [5, 5.41) is 6.69. The second-order valence-electron chi connectivity index (χ2n) is 7.13. The van der Waals surface area contributed by atoms with Crippen LogP contribution in [-0.4, -0.2) is 18.5 Å².